The third kappa shape index (κ3) is 6.11. The summed E-state index contributed by atoms with van der Waals surface area (Å²) in [5.74, 6) is 0.0979. The first-order valence-electron chi connectivity index (χ1n) is 7.59. The van der Waals surface area contributed by atoms with Gasteiger partial charge in [-0.05, 0) is 29.0 Å². The zero-order valence-corrected chi connectivity index (χ0v) is 14.4. The zero-order valence-electron chi connectivity index (χ0n) is 14.4. The van der Waals surface area contributed by atoms with Crippen molar-refractivity contribution in [1.29, 1.82) is 0 Å². The Balaban J connectivity index is 3.03. The van der Waals surface area contributed by atoms with Crippen LogP contribution in [-0.4, -0.2) is 23.6 Å². The third-order valence-electron chi connectivity index (χ3n) is 3.33. The molecule has 0 aromatic heterocycles. The summed E-state index contributed by atoms with van der Waals surface area (Å²) >= 11 is 0. The summed E-state index contributed by atoms with van der Waals surface area (Å²) in [6, 6.07) is 3.92. The van der Waals surface area contributed by atoms with Crippen molar-refractivity contribution in [2.24, 2.45) is 33.1 Å². The molecule has 9 nitrogen and oxygen atoms in total. The van der Waals surface area contributed by atoms with Gasteiger partial charge in [-0.25, -0.2) is 0 Å². The van der Waals surface area contributed by atoms with Gasteiger partial charge in [0.1, 0.15) is 5.75 Å². The number of aromatic hydroxyl groups is 1. The zero-order chi connectivity index (χ0) is 18.3. The molecule has 0 aliphatic heterocycles. The van der Waals surface area contributed by atoms with Gasteiger partial charge in [0, 0.05) is 12.1 Å². The van der Waals surface area contributed by atoms with Gasteiger partial charge in [0.2, 0.25) is 11.9 Å². The molecule has 24 heavy (non-hydrogen) atoms. The van der Waals surface area contributed by atoms with Crippen LogP contribution in [0.4, 0.5) is 0 Å². The van der Waals surface area contributed by atoms with E-state index >= 15 is 0 Å². The van der Waals surface area contributed by atoms with Crippen LogP contribution in [-0.2, 0) is 18.4 Å². The van der Waals surface area contributed by atoms with Crippen LogP contribution in [0.15, 0.2) is 22.3 Å². The second-order valence-electron chi connectivity index (χ2n) is 6.46. The number of hydrazone groups is 2. The van der Waals surface area contributed by atoms with Gasteiger partial charge in [-0.2, -0.15) is 0 Å². The summed E-state index contributed by atoms with van der Waals surface area (Å²) in [6.45, 7) is 7.11. The highest BCUT2D eigenvalue weighted by Crippen LogP contribution is 2.31. The minimum Gasteiger partial charge on any atom is -0.507 e. The lowest BCUT2D eigenvalue weighted by Crippen LogP contribution is -2.27. The first-order valence-corrected chi connectivity index (χ1v) is 7.59. The van der Waals surface area contributed by atoms with E-state index in [0.29, 0.717) is 25.1 Å². The standard InChI is InChI=1S/C15H28N8O/c1-15(2,3)11-6-9(4-5-20-22-13(16)17)12(24)10(7-11)8-21-23-14(18)19/h6-7,20-21,24H,4-5,8H2,1-3H3,(H4,16,17,22)(H4,18,19,23). The van der Waals surface area contributed by atoms with Gasteiger partial charge in [-0.1, -0.05) is 26.8 Å². The molecule has 11 N–H and O–H groups in total. The van der Waals surface area contributed by atoms with E-state index in [0.717, 1.165) is 11.1 Å². The predicted octanol–water partition coefficient (Wildman–Crippen LogP) is -0.712. The molecule has 0 saturated heterocycles. The summed E-state index contributed by atoms with van der Waals surface area (Å²) < 4.78 is 0. The molecular weight excluding hydrogens is 308 g/mol. The number of benzene rings is 1. The topological polar surface area (TPSA) is 173 Å². The van der Waals surface area contributed by atoms with Gasteiger partial charge in [0.05, 0.1) is 6.54 Å². The molecule has 1 aromatic rings. The number of phenolic OH excluding ortho intramolecular Hbond substituents is 1. The molecule has 0 aliphatic rings. The lowest BCUT2D eigenvalue weighted by Gasteiger charge is -2.22. The molecule has 0 spiro atoms. The number of guanidine groups is 2. The van der Waals surface area contributed by atoms with Crippen LogP contribution in [0.2, 0.25) is 0 Å². The molecule has 0 atom stereocenters. The average molecular weight is 336 g/mol. The number of nitrogens with two attached hydrogens (primary N) is 4. The number of nitrogens with zero attached hydrogens (tertiary/aromatic N) is 2. The Morgan fingerprint density at radius 3 is 2.08 bits per heavy atom. The smallest absolute Gasteiger partial charge is 0.208 e. The van der Waals surface area contributed by atoms with Crippen LogP contribution in [0, 0.1) is 0 Å². The lowest BCUT2D eigenvalue weighted by molar-refractivity contribution is 0.455. The van der Waals surface area contributed by atoms with Gasteiger partial charge in [0.15, 0.2) is 0 Å². The molecule has 0 fully saturated rings. The summed E-state index contributed by atoms with van der Waals surface area (Å²) in [7, 11) is 0. The molecule has 0 radical (unpaired) electrons. The van der Waals surface area contributed by atoms with Crippen LogP contribution in [0.1, 0.15) is 37.5 Å². The normalized spacial score (nSPS) is 10.8. The SMILES string of the molecule is CC(C)(C)c1cc(CCNN=C(N)N)c(O)c(CNN=C(N)N)c1. The van der Waals surface area contributed by atoms with E-state index in [1.807, 2.05) is 12.1 Å². The molecule has 0 amide bonds. The molecule has 9 heteroatoms. The number of hydrogen-bond acceptors (Lipinski definition) is 5. The molecule has 0 heterocycles. The minimum absolute atomic E-state index is 0.0372. The van der Waals surface area contributed by atoms with Crippen molar-refractivity contribution in [2.75, 3.05) is 6.54 Å². The van der Waals surface area contributed by atoms with Gasteiger partial charge >= 0.3 is 0 Å². The number of hydrogen-bond donors (Lipinski definition) is 7. The van der Waals surface area contributed by atoms with E-state index < -0.39 is 0 Å². The first kappa shape index (κ1) is 19.2. The molecule has 0 aliphatic carbocycles. The second-order valence-corrected chi connectivity index (χ2v) is 6.46. The Hall–Kier alpha value is -2.84. The maximum atomic E-state index is 10.5. The van der Waals surface area contributed by atoms with Crippen LogP contribution < -0.4 is 33.8 Å². The van der Waals surface area contributed by atoms with Gasteiger partial charge < -0.3 is 38.9 Å². The van der Waals surface area contributed by atoms with E-state index in [1.165, 1.54) is 0 Å². The van der Waals surface area contributed by atoms with E-state index in [-0.39, 0.29) is 23.1 Å². The number of nitrogens with one attached hydrogen (secondary N) is 2. The molecule has 0 saturated carbocycles. The quantitative estimate of drug-likeness (QED) is 0.149. The Morgan fingerprint density at radius 2 is 1.54 bits per heavy atom. The van der Waals surface area contributed by atoms with Crippen molar-refractivity contribution in [1.82, 2.24) is 10.9 Å². The van der Waals surface area contributed by atoms with Crippen LogP contribution in [0.25, 0.3) is 0 Å². The molecule has 0 bridgehead atoms. The van der Waals surface area contributed by atoms with E-state index in [1.54, 1.807) is 0 Å². The van der Waals surface area contributed by atoms with E-state index in [9.17, 15) is 5.11 Å². The molecular formula is C15H28N8O. The molecule has 1 rings (SSSR count). The maximum absolute atomic E-state index is 10.5. The fraction of sp³-hybridized carbons (Fsp3) is 0.467. The largest absolute Gasteiger partial charge is 0.507 e. The van der Waals surface area contributed by atoms with Gasteiger partial charge in [0.25, 0.3) is 0 Å². The summed E-state index contributed by atoms with van der Waals surface area (Å²) in [4.78, 5) is 0. The highest BCUT2D eigenvalue weighted by atomic mass is 16.3. The molecule has 1 aromatic carbocycles. The van der Waals surface area contributed by atoms with Crippen molar-refractivity contribution in [3.05, 3.63) is 28.8 Å². The minimum atomic E-state index is -0.0688. The number of rotatable bonds is 7. The Bertz CT molecular complexity index is 611. The third-order valence-corrected chi connectivity index (χ3v) is 3.33. The summed E-state index contributed by atoms with van der Waals surface area (Å²) in [5.41, 5.74) is 29.1. The predicted molar refractivity (Wildman–Crippen MR) is 97.0 cm³/mol. The Morgan fingerprint density at radius 1 is 1.00 bits per heavy atom. The second kappa shape index (κ2) is 8.14. The summed E-state index contributed by atoms with van der Waals surface area (Å²) in [5, 5.41) is 17.9. The summed E-state index contributed by atoms with van der Waals surface area (Å²) in [6.07, 6.45) is 0.557. The Labute approximate surface area is 142 Å². The first-order chi connectivity index (χ1) is 11.1. The monoisotopic (exact) mass is 336 g/mol. The van der Waals surface area contributed by atoms with E-state index in [4.69, 9.17) is 22.9 Å². The van der Waals surface area contributed by atoms with Crippen LogP contribution >= 0.6 is 0 Å². The van der Waals surface area contributed by atoms with Crippen molar-refractivity contribution in [2.45, 2.75) is 39.2 Å². The average Bonchev–Trinajstić information content (AvgIpc) is 2.44. The fourth-order valence-electron chi connectivity index (χ4n) is 2.07. The highest BCUT2D eigenvalue weighted by molar-refractivity contribution is 5.75. The maximum Gasteiger partial charge on any atom is 0.208 e. The van der Waals surface area contributed by atoms with Crippen molar-refractivity contribution in [3.63, 3.8) is 0 Å². The Kier molecular flexibility index (Phi) is 6.51. The van der Waals surface area contributed by atoms with Crippen LogP contribution in [0.5, 0.6) is 5.75 Å². The number of phenols is 1. The fourth-order valence-corrected chi connectivity index (χ4v) is 2.07. The van der Waals surface area contributed by atoms with Gasteiger partial charge in [-0.15, -0.1) is 10.2 Å². The molecule has 134 valence electrons. The van der Waals surface area contributed by atoms with E-state index in [2.05, 4.69) is 41.8 Å². The lowest BCUT2D eigenvalue weighted by atomic mass is 9.84. The van der Waals surface area contributed by atoms with Crippen molar-refractivity contribution < 1.29 is 5.11 Å². The molecule has 0 unspecified atom stereocenters. The van der Waals surface area contributed by atoms with Crippen LogP contribution in [0.3, 0.4) is 0 Å². The highest BCUT2D eigenvalue weighted by Gasteiger charge is 2.18. The van der Waals surface area contributed by atoms with Crippen molar-refractivity contribution in [3.8, 4) is 5.75 Å². The van der Waals surface area contributed by atoms with Crippen molar-refractivity contribution >= 4 is 11.9 Å². The van der Waals surface area contributed by atoms with Gasteiger partial charge in [-0.3, -0.25) is 0 Å².